The van der Waals surface area contributed by atoms with Crippen LogP contribution in [-0.2, 0) is 4.79 Å². The van der Waals surface area contributed by atoms with E-state index in [1.165, 1.54) is 0 Å². The third kappa shape index (κ3) is 3.17. The molecule has 0 aromatic heterocycles. The number of aldehydes is 1. The summed E-state index contributed by atoms with van der Waals surface area (Å²) in [7, 11) is 0. The molecule has 0 aliphatic rings. The lowest BCUT2D eigenvalue weighted by atomic mass is 10.7. The summed E-state index contributed by atoms with van der Waals surface area (Å²) < 4.78 is 0. The molecule has 0 aliphatic heterocycles. The minimum atomic E-state index is 0.559. The smallest absolute Gasteiger partial charge is 0.144 e. The highest BCUT2D eigenvalue weighted by molar-refractivity contribution is 5.64. The van der Waals surface area contributed by atoms with E-state index in [0.29, 0.717) is 6.29 Å². The van der Waals surface area contributed by atoms with Crippen molar-refractivity contribution in [2.75, 3.05) is 0 Å². The fraction of sp³-hybridized carbons (Fsp3) is 0. The number of rotatable bonds is 2. The highest BCUT2D eigenvalue weighted by Gasteiger charge is 1.55. The summed E-state index contributed by atoms with van der Waals surface area (Å²) in [6, 6.07) is 0. The topological polar surface area (TPSA) is 49.3 Å². The largest absolute Gasteiger partial charge is 0.299 e. The van der Waals surface area contributed by atoms with E-state index in [1.807, 2.05) is 0 Å². The molecule has 0 atom stereocenters. The van der Waals surface area contributed by atoms with Gasteiger partial charge in [-0.25, -0.2) is 0 Å². The molecule has 0 unspecified atom stereocenters. The average Bonchev–Trinajstić information content (AvgIpc) is 1.61. The molecule has 2 N–H and O–H groups in total. The average molecular weight is 87.1 g/mol. The van der Waals surface area contributed by atoms with Crippen molar-refractivity contribution in [3.8, 4) is 0 Å². The van der Waals surface area contributed by atoms with Crippen LogP contribution in [0.15, 0.2) is 12.3 Å². The van der Waals surface area contributed by atoms with Crippen LogP contribution in [0.5, 0.6) is 0 Å². The second-order valence-electron chi connectivity index (χ2n) is 0.624. The van der Waals surface area contributed by atoms with Gasteiger partial charge >= 0.3 is 0 Å². The number of carbonyl (C=O) groups excluding carboxylic acids is 1. The van der Waals surface area contributed by atoms with E-state index < -0.39 is 0 Å². The van der Waals surface area contributed by atoms with Crippen LogP contribution in [0.25, 0.3) is 0 Å². The fourth-order valence-corrected chi connectivity index (χ4v) is 0.0823. The second kappa shape index (κ2) is 4.17. The van der Waals surface area contributed by atoms with Crippen LogP contribution >= 0.6 is 0 Å². The molecule has 0 radical (unpaired) electrons. The van der Waals surface area contributed by atoms with Gasteiger partial charge in [0.1, 0.15) is 6.29 Å². The maximum absolute atomic E-state index is 9.33. The Morgan fingerprint density at radius 1 is 1.67 bits per heavy atom. The summed E-state index contributed by atoms with van der Waals surface area (Å²) in [4.78, 5) is 9.33. The molecule has 0 amide bonds. The van der Waals surface area contributed by atoms with Gasteiger partial charge in [-0.15, -0.1) is 0 Å². The van der Waals surface area contributed by atoms with E-state index in [0.717, 1.165) is 12.3 Å². The molecule has 3 nitrogen and oxygen atoms in total. The van der Waals surface area contributed by atoms with Crippen LogP contribution in [-0.4, -0.2) is 11.5 Å². The van der Waals surface area contributed by atoms with E-state index in [1.54, 1.807) is 5.48 Å². The van der Waals surface area contributed by atoms with Crippen LogP contribution in [0.1, 0.15) is 0 Å². The van der Waals surface area contributed by atoms with Crippen molar-refractivity contribution in [2.24, 2.45) is 0 Å². The van der Waals surface area contributed by atoms with Gasteiger partial charge in [0, 0.05) is 6.20 Å². The van der Waals surface area contributed by atoms with Gasteiger partial charge in [-0.3, -0.25) is 15.5 Å². The van der Waals surface area contributed by atoms with Crippen molar-refractivity contribution in [3.05, 3.63) is 12.3 Å². The molecule has 0 aliphatic carbocycles. The number of hydroxylamine groups is 1. The van der Waals surface area contributed by atoms with Gasteiger partial charge in [0.2, 0.25) is 0 Å². The van der Waals surface area contributed by atoms with Crippen LogP contribution < -0.4 is 5.48 Å². The lowest BCUT2D eigenvalue weighted by Crippen LogP contribution is -1.91. The molecule has 3 heteroatoms. The summed E-state index contributed by atoms with van der Waals surface area (Å²) in [5.41, 5.74) is 1.66. The summed E-state index contributed by atoms with van der Waals surface area (Å²) in [5.74, 6) is 0. The first-order valence-electron chi connectivity index (χ1n) is 1.41. The van der Waals surface area contributed by atoms with E-state index in [-0.39, 0.29) is 0 Å². The van der Waals surface area contributed by atoms with Gasteiger partial charge in [-0.05, 0) is 6.08 Å². The van der Waals surface area contributed by atoms with E-state index in [9.17, 15) is 4.79 Å². The predicted octanol–water partition coefficient (Wildman–Crippen LogP) is -0.322. The fourth-order valence-electron chi connectivity index (χ4n) is 0.0823. The molecule has 0 fully saturated rings. The molecule has 6 heavy (non-hydrogen) atoms. The third-order valence-corrected chi connectivity index (χ3v) is 0.249. The number of carbonyl (C=O) groups is 1. The Balaban J connectivity index is 2.94. The first kappa shape index (κ1) is 5.17. The summed E-state index contributed by atoms with van der Waals surface area (Å²) in [6.45, 7) is 0. The molecular weight excluding hydrogens is 82.0 g/mol. The van der Waals surface area contributed by atoms with Gasteiger partial charge in [0.05, 0.1) is 0 Å². The Kier molecular flexibility index (Phi) is 3.59. The number of hydrogen-bond acceptors (Lipinski definition) is 3. The molecule has 0 bridgehead atoms. The van der Waals surface area contributed by atoms with Crippen molar-refractivity contribution < 1.29 is 10.0 Å². The lowest BCUT2D eigenvalue weighted by Gasteiger charge is -1.74. The highest BCUT2D eigenvalue weighted by Crippen LogP contribution is 1.51. The standard InChI is InChI=1S/C3H5NO2/c5-3-1-2-4-6/h1-4,6H/b2-1+. The zero-order chi connectivity index (χ0) is 4.83. The summed E-state index contributed by atoms with van der Waals surface area (Å²) in [6.07, 6.45) is 2.82. The number of hydrogen-bond donors (Lipinski definition) is 2. The van der Waals surface area contributed by atoms with E-state index in [2.05, 4.69) is 0 Å². The zero-order valence-corrected chi connectivity index (χ0v) is 3.09. The minimum absolute atomic E-state index is 0.559. The van der Waals surface area contributed by atoms with Gasteiger partial charge < -0.3 is 0 Å². The van der Waals surface area contributed by atoms with Gasteiger partial charge in [0.25, 0.3) is 0 Å². The van der Waals surface area contributed by atoms with Crippen molar-refractivity contribution in [1.29, 1.82) is 0 Å². The highest BCUT2D eigenvalue weighted by atomic mass is 16.5. The molecule has 34 valence electrons. The lowest BCUT2D eigenvalue weighted by molar-refractivity contribution is -0.104. The monoisotopic (exact) mass is 87.0 g/mol. The molecule has 0 heterocycles. The first-order valence-corrected chi connectivity index (χ1v) is 1.41. The molecule has 0 spiro atoms. The van der Waals surface area contributed by atoms with Crippen molar-refractivity contribution in [3.63, 3.8) is 0 Å². The van der Waals surface area contributed by atoms with Crippen LogP contribution in [0.3, 0.4) is 0 Å². The van der Waals surface area contributed by atoms with Gasteiger partial charge in [0.15, 0.2) is 0 Å². The Morgan fingerprint density at radius 3 is 2.50 bits per heavy atom. The van der Waals surface area contributed by atoms with Crippen molar-refractivity contribution in [1.82, 2.24) is 5.48 Å². The van der Waals surface area contributed by atoms with Crippen LogP contribution in [0, 0.1) is 0 Å². The Bertz CT molecular complexity index is 59.8. The van der Waals surface area contributed by atoms with Crippen LogP contribution in [0.4, 0.5) is 0 Å². The zero-order valence-electron chi connectivity index (χ0n) is 3.09. The Labute approximate surface area is 35.2 Å². The van der Waals surface area contributed by atoms with Crippen molar-refractivity contribution in [2.45, 2.75) is 0 Å². The quantitative estimate of drug-likeness (QED) is 0.275. The maximum atomic E-state index is 9.33. The molecule has 0 aromatic carbocycles. The SMILES string of the molecule is O=C/C=C/NO. The van der Waals surface area contributed by atoms with Crippen LogP contribution in [0.2, 0.25) is 0 Å². The maximum Gasteiger partial charge on any atom is 0.144 e. The van der Waals surface area contributed by atoms with E-state index >= 15 is 0 Å². The molecule has 0 rings (SSSR count). The van der Waals surface area contributed by atoms with E-state index in [4.69, 9.17) is 5.21 Å². The normalized spacial score (nSPS) is 8.83. The molecule has 0 saturated carbocycles. The predicted molar refractivity (Wildman–Crippen MR) is 20.1 cm³/mol. The minimum Gasteiger partial charge on any atom is -0.299 e. The van der Waals surface area contributed by atoms with Crippen molar-refractivity contribution >= 4 is 6.29 Å². The molecule has 0 saturated heterocycles. The third-order valence-electron chi connectivity index (χ3n) is 0.249. The summed E-state index contributed by atoms with van der Waals surface area (Å²) >= 11 is 0. The second-order valence-corrected chi connectivity index (χ2v) is 0.624. The molecule has 0 aromatic rings. The van der Waals surface area contributed by atoms with Gasteiger partial charge in [-0.1, -0.05) is 0 Å². The number of nitrogens with one attached hydrogen (secondary N) is 1. The Hall–Kier alpha value is -0.830. The Morgan fingerprint density at radius 2 is 2.33 bits per heavy atom. The molecular formula is C3H5NO2. The first-order chi connectivity index (χ1) is 2.91. The van der Waals surface area contributed by atoms with Gasteiger partial charge in [-0.2, -0.15) is 0 Å². The summed E-state index contributed by atoms with van der Waals surface area (Å²) in [5, 5.41) is 7.70. The number of allylic oxidation sites excluding steroid dienone is 1.